The molecule has 0 aliphatic carbocycles. The van der Waals surface area contributed by atoms with Gasteiger partial charge < -0.3 is 20.1 Å². The van der Waals surface area contributed by atoms with Crippen LogP contribution in [-0.2, 0) is 14.3 Å². The first kappa shape index (κ1) is 14.4. The van der Waals surface area contributed by atoms with Crippen molar-refractivity contribution < 1.29 is 14.3 Å². The van der Waals surface area contributed by atoms with Gasteiger partial charge in [0.15, 0.2) is 0 Å². The van der Waals surface area contributed by atoms with Crippen molar-refractivity contribution in [3.63, 3.8) is 0 Å². The standard InChI is InChI=1S/C12H24N2O3/c1-16-9-11(17-2)8-14-12(15)7-10-5-3-4-6-13-10/h10-11,13H,3-9H2,1-2H3,(H,14,15). The molecular weight excluding hydrogens is 220 g/mol. The number of rotatable bonds is 7. The van der Waals surface area contributed by atoms with Gasteiger partial charge in [0.1, 0.15) is 0 Å². The predicted octanol–water partition coefficient (Wildman–Crippen LogP) is 0.296. The second kappa shape index (κ2) is 8.44. The zero-order valence-electron chi connectivity index (χ0n) is 10.8. The van der Waals surface area contributed by atoms with Gasteiger partial charge in [0.2, 0.25) is 5.91 Å². The van der Waals surface area contributed by atoms with Gasteiger partial charge in [-0.25, -0.2) is 0 Å². The number of methoxy groups -OCH3 is 2. The minimum absolute atomic E-state index is 0.0664. The van der Waals surface area contributed by atoms with E-state index in [-0.39, 0.29) is 12.0 Å². The maximum atomic E-state index is 11.7. The summed E-state index contributed by atoms with van der Waals surface area (Å²) in [6.45, 7) is 2.04. The van der Waals surface area contributed by atoms with E-state index in [4.69, 9.17) is 9.47 Å². The summed E-state index contributed by atoms with van der Waals surface area (Å²) in [5.41, 5.74) is 0. The Morgan fingerprint density at radius 1 is 1.47 bits per heavy atom. The highest BCUT2D eigenvalue weighted by Gasteiger charge is 2.17. The Bertz CT molecular complexity index is 218. The lowest BCUT2D eigenvalue weighted by Gasteiger charge is -2.23. The van der Waals surface area contributed by atoms with Crippen LogP contribution in [0.5, 0.6) is 0 Å². The molecule has 5 heteroatoms. The van der Waals surface area contributed by atoms with Crippen molar-refractivity contribution >= 4 is 5.91 Å². The lowest BCUT2D eigenvalue weighted by molar-refractivity contribution is -0.122. The van der Waals surface area contributed by atoms with Crippen molar-refractivity contribution in [1.82, 2.24) is 10.6 Å². The third-order valence-electron chi connectivity index (χ3n) is 3.06. The number of piperidine rings is 1. The monoisotopic (exact) mass is 244 g/mol. The van der Waals surface area contributed by atoms with Crippen LogP contribution in [0.2, 0.25) is 0 Å². The molecule has 2 atom stereocenters. The summed E-state index contributed by atoms with van der Waals surface area (Å²) in [5, 5.41) is 6.24. The van der Waals surface area contributed by atoms with E-state index in [0.717, 1.165) is 13.0 Å². The first-order valence-electron chi connectivity index (χ1n) is 6.28. The van der Waals surface area contributed by atoms with E-state index in [1.165, 1.54) is 12.8 Å². The number of carbonyl (C=O) groups excluding carboxylic acids is 1. The minimum Gasteiger partial charge on any atom is -0.382 e. The molecular formula is C12H24N2O3. The molecule has 0 saturated carbocycles. The summed E-state index contributed by atoms with van der Waals surface area (Å²) >= 11 is 0. The van der Waals surface area contributed by atoms with Gasteiger partial charge in [-0.15, -0.1) is 0 Å². The molecule has 1 aliphatic rings. The highest BCUT2D eigenvalue weighted by atomic mass is 16.5. The van der Waals surface area contributed by atoms with Gasteiger partial charge in [0.25, 0.3) is 0 Å². The Kier molecular flexibility index (Phi) is 7.16. The molecule has 0 aromatic carbocycles. The zero-order valence-corrected chi connectivity index (χ0v) is 10.8. The van der Waals surface area contributed by atoms with Crippen molar-refractivity contribution in [1.29, 1.82) is 0 Å². The van der Waals surface area contributed by atoms with Crippen LogP contribution in [0.1, 0.15) is 25.7 Å². The zero-order chi connectivity index (χ0) is 12.5. The second-order valence-electron chi connectivity index (χ2n) is 4.47. The first-order valence-corrected chi connectivity index (χ1v) is 6.28. The molecule has 1 rings (SSSR count). The Hall–Kier alpha value is -0.650. The lowest BCUT2D eigenvalue weighted by Crippen LogP contribution is -2.41. The maximum absolute atomic E-state index is 11.7. The van der Waals surface area contributed by atoms with Gasteiger partial charge in [0.05, 0.1) is 12.7 Å². The summed E-state index contributed by atoms with van der Waals surface area (Å²) in [4.78, 5) is 11.7. The smallest absolute Gasteiger partial charge is 0.221 e. The number of hydrogen-bond donors (Lipinski definition) is 2. The molecule has 0 aromatic rings. The molecule has 1 aliphatic heterocycles. The normalized spacial score (nSPS) is 22.1. The number of amides is 1. The van der Waals surface area contributed by atoms with Crippen LogP contribution in [-0.4, -0.2) is 52.0 Å². The van der Waals surface area contributed by atoms with E-state index in [1.807, 2.05) is 0 Å². The molecule has 2 N–H and O–H groups in total. The Balaban J connectivity index is 2.14. The third kappa shape index (κ3) is 6.00. The molecule has 0 bridgehead atoms. The van der Waals surface area contributed by atoms with E-state index in [2.05, 4.69) is 10.6 Å². The Morgan fingerprint density at radius 3 is 2.88 bits per heavy atom. The van der Waals surface area contributed by atoms with Gasteiger partial charge in [-0.3, -0.25) is 4.79 Å². The fourth-order valence-corrected chi connectivity index (χ4v) is 2.02. The van der Waals surface area contributed by atoms with Crippen molar-refractivity contribution in [3.05, 3.63) is 0 Å². The summed E-state index contributed by atoms with van der Waals surface area (Å²) in [5.74, 6) is 0.0857. The number of ether oxygens (including phenoxy) is 2. The molecule has 0 spiro atoms. The Morgan fingerprint density at radius 2 is 2.29 bits per heavy atom. The van der Waals surface area contributed by atoms with Crippen LogP contribution in [0, 0.1) is 0 Å². The van der Waals surface area contributed by atoms with Gasteiger partial charge in [-0.2, -0.15) is 0 Å². The van der Waals surface area contributed by atoms with Gasteiger partial charge in [-0.1, -0.05) is 6.42 Å². The van der Waals surface area contributed by atoms with E-state index in [9.17, 15) is 4.79 Å². The first-order chi connectivity index (χ1) is 8.26. The van der Waals surface area contributed by atoms with Crippen molar-refractivity contribution in [2.75, 3.05) is 33.9 Å². The SMILES string of the molecule is COCC(CNC(=O)CC1CCCCN1)OC. The van der Waals surface area contributed by atoms with Crippen LogP contribution >= 0.6 is 0 Å². The van der Waals surface area contributed by atoms with E-state index in [0.29, 0.717) is 25.6 Å². The quantitative estimate of drug-likeness (QED) is 0.676. The highest BCUT2D eigenvalue weighted by molar-refractivity contribution is 5.76. The number of carbonyl (C=O) groups is 1. The molecule has 0 aromatic heterocycles. The topological polar surface area (TPSA) is 59.6 Å². The average molecular weight is 244 g/mol. The predicted molar refractivity (Wildman–Crippen MR) is 65.9 cm³/mol. The fourth-order valence-electron chi connectivity index (χ4n) is 2.02. The van der Waals surface area contributed by atoms with Crippen molar-refractivity contribution in [2.24, 2.45) is 0 Å². The molecule has 1 amide bonds. The van der Waals surface area contributed by atoms with E-state index >= 15 is 0 Å². The summed E-state index contributed by atoms with van der Waals surface area (Å²) in [6, 6.07) is 0.340. The van der Waals surface area contributed by atoms with Crippen LogP contribution in [0.3, 0.4) is 0 Å². The minimum atomic E-state index is -0.0664. The highest BCUT2D eigenvalue weighted by Crippen LogP contribution is 2.09. The van der Waals surface area contributed by atoms with Crippen LogP contribution < -0.4 is 10.6 Å². The maximum Gasteiger partial charge on any atom is 0.221 e. The number of hydrogen-bond acceptors (Lipinski definition) is 4. The molecule has 5 nitrogen and oxygen atoms in total. The molecule has 0 radical (unpaired) electrons. The number of nitrogens with one attached hydrogen (secondary N) is 2. The van der Waals surface area contributed by atoms with Gasteiger partial charge in [-0.05, 0) is 19.4 Å². The summed E-state index contributed by atoms with van der Waals surface area (Å²) < 4.78 is 10.2. The van der Waals surface area contributed by atoms with Crippen LogP contribution in [0.4, 0.5) is 0 Å². The van der Waals surface area contributed by atoms with E-state index in [1.54, 1.807) is 14.2 Å². The van der Waals surface area contributed by atoms with E-state index < -0.39 is 0 Å². The average Bonchev–Trinajstić information content (AvgIpc) is 2.35. The lowest BCUT2D eigenvalue weighted by atomic mass is 10.0. The third-order valence-corrected chi connectivity index (χ3v) is 3.06. The largest absolute Gasteiger partial charge is 0.382 e. The fraction of sp³-hybridized carbons (Fsp3) is 0.917. The van der Waals surface area contributed by atoms with Crippen molar-refractivity contribution in [2.45, 2.75) is 37.8 Å². The van der Waals surface area contributed by atoms with Gasteiger partial charge in [0, 0.05) is 33.2 Å². The molecule has 1 saturated heterocycles. The summed E-state index contributed by atoms with van der Waals surface area (Å²) in [7, 11) is 3.25. The van der Waals surface area contributed by atoms with Crippen LogP contribution in [0.25, 0.3) is 0 Å². The molecule has 17 heavy (non-hydrogen) atoms. The Labute approximate surface area is 103 Å². The van der Waals surface area contributed by atoms with Crippen LogP contribution in [0.15, 0.2) is 0 Å². The molecule has 1 heterocycles. The summed E-state index contributed by atoms with van der Waals surface area (Å²) in [6.07, 6.45) is 4.03. The second-order valence-corrected chi connectivity index (χ2v) is 4.47. The molecule has 1 fully saturated rings. The molecule has 2 unspecified atom stereocenters. The molecule has 100 valence electrons. The van der Waals surface area contributed by atoms with Crippen molar-refractivity contribution in [3.8, 4) is 0 Å². The van der Waals surface area contributed by atoms with Gasteiger partial charge >= 0.3 is 0 Å².